The third-order valence-corrected chi connectivity index (χ3v) is 3.10. The van der Waals surface area contributed by atoms with Crippen molar-refractivity contribution in [3.8, 4) is 5.75 Å². The molecule has 0 aliphatic heterocycles. The molecular weight excluding hydrogens is 270 g/mol. The molecule has 2 N–H and O–H groups in total. The van der Waals surface area contributed by atoms with Crippen molar-refractivity contribution in [2.75, 3.05) is 12.8 Å². The van der Waals surface area contributed by atoms with Crippen LogP contribution < -0.4 is 10.5 Å². The summed E-state index contributed by atoms with van der Waals surface area (Å²) in [6.07, 6.45) is 1.68. The highest BCUT2D eigenvalue weighted by atomic mass is 79.9. The van der Waals surface area contributed by atoms with Crippen LogP contribution in [0.25, 0.3) is 0 Å². The van der Waals surface area contributed by atoms with Gasteiger partial charge in [0.2, 0.25) is 0 Å². The first-order valence-corrected chi connectivity index (χ1v) is 5.59. The molecular formula is C11H12BrN3O. The summed E-state index contributed by atoms with van der Waals surface area (Å²) in [6, 6.07) is 7.59. The fourth-order valence-corrected chi connectivity index (χ4v) is 1.81. The number of hydrogen-bond donors (Lipinski definition) is 1. The van der Waals surface area contributed by atoms with Crippen LogP contribution >= 0.6 is 15.9 Å². The predicted molar refractivity (Wildman–Crippen MR) is 66.4 cm³/mol. The topological polar surface area (TPSA) is 53.1 Å². The van der Waals surface area contributed by atoms with E-state index in [1.807, 2.05) is 18.2 Å². The van der Waals surface area contributed by atoms with Gasteiger partial charge in [-0.25, -0.2) is 4.68 Å². The summed E-state index contributed by atoms with van der Waals surface area (Å²) in [5, 5.41) is 4.14. The van der Waals surface area contributed by atoms with Crippen LogP contribution in [0.15, 0.2) is 34.9 Å². The number of benzene rings is 1. The Kier molecular flexibility index (Phi) is 3.14. The molecule has 0 atom stereocenters. The smallest absolute Gasteiger partial charge is 0.122 e. The number of ether oxygens (including phenoxy) is 1. The average molecular weight is 282 g/mol. The van der Waals surface area contributed by atoms with Gasteiger partial charge < -0.3 is 10.5 Å². The first-order chi connectivity index (χ1) is 7.70. The summed E-state index contributed by atoms with van der Waals surface area (Å²) in [7, 11) is 1.65. The zero-order valence-corrected chi connectivity index (χ0v) is 10.4. The van der Waals surface area contributed by atoms with Crippen LogP contribution in [0.2, 0.25) is 0 Å². The number of hydrogen-bond acceptors (Lipinski definition) is 3. The molecule has 0 saturated carbocycles. The van der Waals surface area contributed by atoms with Crippen LogP contribution in [0.5, 0.6) is 5.75 Å². The lowest BCUT2D eigenvalue weighted by Crippen LogP contribution is -2.06. The highest BCUT2D eigenvalue weighted by Gasteiger charge is 2.05. The zero-order valence-electron chi connectivity index (χ0n) is 8.85. The van der Waals surface area contributed by atoms with Crippen molar-refractivity contribution in [1.82, 2.24) is 9.78 Å². The summed E-state index contributed by atoms with van der Waals surface area (Å²) < 4.78 is 7.93. The summed E-state index contributed by atoms with van der Waals surface area (Å²) in [5.74, 6) is 1.47. The van der Waals surface area contributed by atoms with Gasteiger partial charge in [-0.15, -0.1) is 0 Å². The van der Waals surface area contributed by atoms with Gasteiger partial charge >= 0.3 is 0 Å². The fraction of sp³-hybridized carbons (Fsp3) is 0.182. The number of rotatable bonds is 3. The Hall–Kier alpha value is -1.49. The van der Waals surface area contributed by atoms with Gasteiger partial charge in [0.15, 0.2) is 0 Å². The monoisotopic (exact) mass is 281 g/mol. The Morgan fingerprint density at radius 1 is 1.44 bits per heavy atom. The Morgan fingerprint density at radius 3 is 2.88 bits per heavy atom. The van der Waals surface area contributed by atoms with E-state index in [1.165, 1.54) is 0 Å². The van der Waals surface area contributed by atoms with Crippen LogP contribution in [0.1, 0.15) is 5.56 Å². The average Bonchev–Trinajstić information content (AvgIpc) is 2.68. The second-order valence-corrected chi connectivity index (χ2v) is 4.23. The van der Waals surface area contributed by atoms with Crippen molar-refractivity contribution in [2.24, 2.45) is 0 Å². The van der Waals surface area contributed by atoms with Crippen molar-refractivity contribution in [3.05, 3.63) is 40.5 Å². The minimum atomic E-state index is 0.622. The third kappa shape index (κ3) is 2.19. The molecule has 16 heavy (non-hydrogen) atoms. The molecule has 0 unspecified atom stereocenters. The third-order valence-electron chi connectivity index (χ3n) is 2.32. The van der Waals surface area contributed by atoms with Gasteiger partial charge in [0.05, 0.1) is 19.9 Å². The highest BCUT2D eigenvalue weighted by Crippen LogP contribution is 2.23. The molecule has 0 aliphatic carbocycles. The second-order valence-electron chi connectivity index (χ2n) is 3.37. The van der Waals surface area contributed by atoms with E-state index in [0.717, 1.165) is 15.8 Å². The lowest BCUT2D eigenvalue weighted by molar-refractivity contribution is 0.414. The number of anilines is 1. The van der Waals surface area contributed by atoms with Gasteiger partial charge in [0.1, 0.15) is 11.6 Å². The van der Waals surface area contributed by atoms with Gasteiger partial charge in [-0.2, -0.15) is 5.10 Å². The SMILES string of the molecule is COc1ccc(Br)c(Cn2nccc2N)c1. The molecule has 0 bridgehead atoms. The van der Waals surface area contributed by atoms with Crippen molar-refractivity contribution < 1.29 is 4.74 Å². The van der Waals surface area contributed by atoms with Crippen molar-refractivity contribution in [1.29, 1.82) is 0 Å². The molecule has 4 nitrogen and oxygen atoms in total. The van der Waals surface area contributed by atoms with E-state index in [4.69, 9.17) is 10.5 Å². The Bertz CT molecular complexity index is 496. The first kappa shape index (κ1) is 11.0. The quantitative estimate of drug-likeness (QED) is 0.939. The Balaban J connectivity index is 2.30. The molecule has 0 saturated heterocycles. The molecule has 0 radical (unpaired) electrons. The molecule has 2 rings (SSSR count). The molecule has 0 amide bonds. The normalized spacial score (nSPS) is 10.4. The minimum absolute atomic E-state index is 0.622. The molecule has 1 heterocycles. The van der Waals surface area contributed by atoms with Gasteiger partial charge in [0.25, 0.3) is 0 Å². The number of nitrogens with zero attached hydrogens (tertiary/aromatic N) is 2. The summed E-state index contributed by atoms with van der Waals surface area (Å²) in [6.45, 7) is 0.622. The van der Waals surface area contributed by atoms with Crippen molar-refractivity contribution in [2.45, 2.75) is 6.54 Å². The van der Waals surface area contributed by atoms with E-state index in [1.54, 1.807) is 24.1 Å². The Labute approximate surface area is 102 Å². The molecule has 84 valence electrons. The van der Waals surface area contributed by atoms with E-state index in [9.17, 15) is 0 Å². The maximum atomic E-state index is 5.76. The lowest BCUT2D eigenvalue weighted by atomic mass is 10.2. The number of nitrogen functional groups attached to an aromatic ring is 1. The molecule has 0 fully saturated rings. The molecule has 1 aromatic heterocycles. The highest BCUT2D eigenvalue weighted by molar-refractivity contribution is 9.10. The van der Waals surface area contributed by atoms with E-state index in [2.05, 4.69) is 21.0 Å². The first-order valence-electron chi connectivity index (χ1n) is 4.80. The van der Waals surface area contributed by atoms with Crippen molar-refractivity contribution >= 4 is 21.7 Å². The van der Waals surface area contributed by atoms with E-state index in [0.29, 0.717) is 12.4 Å². The standard InChI is InChI=1S/C11H12BrN3O/c1-16-9-2-3-10(12)8(6-9)7-15-11(13)4-5-14-15/h2-6H,7,13H2,1H3. The molecule has 0 aliphatic rings. The molecule has 2 aromatic rings. The number of methoxy groups -OCH3 is 1. The zero-order chi connectivity index (χ0) is 11.5. The summed E-state index contributed by atoms with van der Waals surface area (Å²) in [4.78, 5) is 0. The van der Waals surface area contributed by atoms with Crippen LogP contribution in [0, 0.1) is 0 Å². The number of aromatic nitrogens is 2. The second kappa shape index (κ2) is 4.57. The minimum Gasteiger partial charge on any atom is -0.497 e. The maximum Gasteiger partial charge on any atom is 0.122 e. The van der Waals surface area contributed by atoms with Crippen LogP contribution in [-0.2, 0) is 6.54 Å². The van der Waals surface area contributed by atoms with E-state index < -0.39 is 0 Å². The maximum absolute atomic E-state index is 5.76. The fourth-order valence-electron chi connectivity index (χ4n) is 1.44. The van der Waals surface area contributed by atoms with Crippen molar-refractivity contribution in [3.63, 3.8) is 0 Å². The van der Waals surface area contributed by atoms with Crippen LogP contribution in [0.3, 0.4) is 0 Å². The van der Waals surface area contributed by atoms with Gasteiger partial charge in [-0.3, -0.25) is 0 Å². The number of nitrogens with two attached hydrogens (primary N) is 1. The lowest BCUT2D eigenvalue weighted by Gasteiger charge is -2.08. The summed E-state index contributed by atoms with van der Waals surface area (Å²) >= 11 is 3.49. The van der Waals surface area contributed by atoms with Gasteiger partial charge in [0, 0.05) is 4.47 Å². The molecule has 1 aromatic carbocycles. The largest absolute Gasteiger partial charge is 0.497 e. The summed E-state index contributed by atoms with van der Waals surface area (Å²) in [5.41, 5.74) is 6.84. The van der Waals surface area contributed by atoms with Crippen LogP contribution in [0.4, 0.5) is 5.82 Å². The van der Waals surface area contributed by atoms with E-state index >= 15 is 0 Å². The Morgan fingerprint density at radius 2 is 2.25 bits per heavy atom. The molecule has 5 heteroatoms. The number of halogens is 1. The molecule has 0 spiro atoms. The predicted octanol–water partition coefficient (Wildman–Crippen LogP) is 2.28. The van der Waals surface area contributed by atoms with E-state index in [-0.39, 0.29) is 0 Å². The van der Waals surface area contributed by atoms with Gasteiger partial charge in [-0.1, -0.05) is 15.9 Å². The van der Waals surface area contributed by atoms with Gasteiger partial charge in [-0.05, 0) is 29.8 Å². The van der Waals surface area contributed by atoms with Crippen LogP contribution in [-0.4, -0.2) is 16.9 Å².